The van der Waals surface area contributed by atoms with Gasteiger partial charge in [-0.15, -0.1) is 0 Å². The molecule has 2 N–H and O–H groups in total. The van der Waals surface area contributed by atoms with Gasteiger partial charge in [0.25, 0.3) is 0 Å². The molecule has 6 rings (SSSR count). The Labute approximate surface area is 227 Å². The van der Waals surface area contributed by atoms with E-state index in [2.05, 4.69) is 35.6 Å². The van der Waals surface area contributed by atoms with Gasteiger partial charge in [-0.1, -0.05) is 11.6 Å². The Kier molecular flexibility index (Phi) is 6.06. The lowest BCUT2D eigenvalue weighted by atomic mass is 10.2. The van der Waals surface area contributed by atoms with E-state index < -0.39 is 6.03 Å². The fourth-order valence-electron chi connectivity index (χ4n) is 4.51. The minimum Gasteiger partial charge on any atom is -0.364 e. The number of imidazole rings is 1. The van der Waals surface area contributed by atoms with Crippen LogP contribution < -0.4 is 15.5 Å². The number of carbonyl (C=O) groups excluding carboxylic acids is 3. The Hall–Kier alpha value is -4.65. The van der Waals surface area contributed by atoms with Crippen LogP contribution in [-0.2, 0) is 16.1 Å². The second kappa shape index (κ2) is 9.58. The number of rotatable bonds is 7. The molecule has 2 aliphatic rings. The van der Waals surface area contributed by atoms with Gasteiger partial charge in [0.2, 0.25) is 11.8 Å². The van der Waals surface area contributed by atoms with Crippen molar-refractivity contribution in [2.24, 2.45) is 5.92 Å². The van der Waals surface area contributed by atoms with Crippen molar-refractivity contribution in [2.75, 3.05) is 29.1 Å². The number of aromatic nitrogens is 6. The number of aryl methyl sites for hydroxylation is 1. The van der Waals surface area contributed by atoms with E-state index in [0.717, 1.165) is 10.6 Å². The van der Waals surface area contributed by atoms with Gasteiger partial charge >= 0.3 is 6.03 Å². The van der Waals surface area contributed by atoms with Gasteiger partial charge in [-0.25, -0.2) is 29.7 Å². The van der Waals surface area contributed by atoms with Gasteiger partial charge in [0.15, 0.2) is 5.65 Å². The molecule has 4 amide bonds. The second-order valence-electron chi connectivity index (χ2n) is 9.46. The van der Waals surface area contributed by atoms with Crippen molar-refractivity contribution >= 4 is 52.4 Å². The molecule has 2 fully saturated rings. The van der Waals surface area contributed by atoms with Crippen LogP contribution in [0.1, 0.15) is 29.6 Å². The maximum atomic E-state index is 12.7. The predicted molar refractivity (Wildman–Crippen MR) is 141 cm³/mol. The van der Waals surface area contributed by atoms with Crippen molar-refractivity contribution in [3.8, 4) is 0 Å². The number of hydrogen-bond donors (Lipinski definition) is 2. The monoisotopic (exact) mass is 546 g/mol. The van der Waals surface area contributed by atoms with Gasteiger partial charge in [0.1, 0.15) is 30.3 Å². The Morgan fingerprint density at radius 1 is 1.13 bits per heavy atom. The van der Waals surface area contributed by atoms with E-state index >= 15 is 0 Å². The summed E-state index contributed by atoms with van der Waals surface area (Å²) in [4.78, 5) is 61.5. The lowest BCUT2D eigenvalue weighted by Gasteiger charge is -2.15. The molecule has 198 valence electrons. The predicted octanol–water partition coefficient (Wildman–Crippen LogP) is 2.63. The molecule has 2 atom stereocenters. The zero-order chi connectivity index (χ0) is 27.3. The smallest absolute Gasteiger partial charge is 0.331 e. The molecule has 13 nitrogen and oxygen atoms in total. The average molecular weight is 547 g/mol. The largest absolute Gasteiger partial charge is 0.364 e. The Balaban J connectivity index is 1.13. The van der Waals surface area contributed by atoms with E-state index in [1.807, 2.05) is 13.0 Å². The van der Waals surface area contributed by atoms with Gasteiger partial charge in [-0.2, -0.15) is 0 Å². The highest BCUT2D eigenvalue weighted by Gasteiger charge is 2.46. The molecular formula is C25H23ClN10O3. The van der Waals surface area contributed by atoms with Crippen LogP contribution in [0.4, 0.5) is 22.1 Å². The highest BCUT2D eigenvalue weighted by Crippen LogP contribution is 2.46. The van der Waals surface area contributed by atoms with Crippen molar-refractivity contribution in [1.82, 2.24) is 34.2 Å². The summed E-state index contributed by atoms with van der Waals surface area (Å²) in [5.41, 5.74) is 2.44. The first-order chi connectivity index (χ1) is 18.8. The molecule has 0 bridgehead atoms. The molecule has 0 aromatic carbocycles. The molecule has 1 saturated carbocycles. The summed E-state index contributed by atoms with van der Waals surface area (Å²) in [6.07, 6.45) is 7.21. The second-order valence-corrected chi connectivity index (χ2v) is 9.90. The summed E-state index contributed by atoms with van der Waals surface area (Å²) in [7, 11) is 1.44. The number of nitrogens with zero attached hydrogens (tertiary/aromatic N) is 8. The first-order valence-electron chi connectivity index (χ1n) is 12.2. The number of fused-ring (bicyclic) bond motifs is 1. The molecule has 4 aromatic rings. The van der Waals surface area contributed by atoms with Crippen molar-refractivity contribution in [3.63, 3.8) is 0 Å². The highest BCUT2D eigenvalue weighted by molar-refractivity contribution is 6.31. The number of imide groups is 1. The highest BCUT2D eigenvalue weighted by atomic mass is 35.5. The van der Waals surface area contributed by atoms with Crippen LogP contribution in [-0.4, -0.2) is 65.7 Å². The normalized spacial score (nSPS) is 18.6. The number of amides is 4. The number of likely N-dealkylation sites (N-methyl/N-ethyl adjacent to an activating group) is 1. The summed E-state index contributed by atoms with van der Waals surface area (Å²) in [6.45, 7) is 2.11. The van der Waals surface area contributed by atoms with E-state index in [0.29, 0.717) is 52.5 Å². The molecule has 5 heterocycles. The number of urea groups is 1. The summed E-state index contributed by atoms with van der Waals surface area (Å²) < 4.78 is 1.71. The zero-order valence-corrected chi connectivity index (χ0v) is 21.8. The number of pyridine rings is 1. The van der Waals surface area contributed by atoms with Crippen LogP contribution in [0.2, 0.25) is 5.02 Å². The number of carbonyl (C=O) groups is 3. The van der Waals surface area contributed by atoms with Crippen LogP contribution in [0.25, 0.3) is 5.65 Å². The molecule has 0 spiro atoms. The SMILES string of the molecule is Cc1ccnc([C@H]2C[C@@H]2C(=O)Nc2cc(NCc3cn4cc(Cl)cc(N5CC(=O)N(C)C5=O)c4n3)ncn2)n1. The molecule has 4 aromatic heterocycles. The molecule has 0 radical (unpaired) electrons. The van der Waals surface area contributed by atoms with Gasteiger partial charge in [-0.05, 0) is 25.5 Å². The van der Waals surface area contributed by atoms with E-state index in [4.69, 9.17) is 11.6 Å². The lowest BCUT2D eigenvalue weighted by molar-refractivity contribution is -0.124. The Morgan fingerprint density at radius 3 is 2.72 bits per heavy atom. The molecule has 1 saturated heterocycles. The number of anilines is 3. The molecule has 0 unspecified atom stereocenters. The topological polar surface area (TPSA) is 151 Å². The van der Waals surface area contributed by atoms with Crippen LogP contribution in [0.5, 0.6) is 0 Å². The lowest BCUT2D eigenvalue weighted by Crippen LogP contribution is -2.30. The third-order valence-electron chi connectivity index (χ3n) is 6.67. The van der Waals surface area contributed by atoms with E-state index in [1.54, 1.807) is 35.1 Å². The van der Waals surface area contributed by atoms with E-state index in [9.17, 15) is 14.4 Å². The summed E-state index contributed by atoms with van der Waals surface area (Å²) >= 11 is 6.28. The molecule has 1 aliphatic carbocycles. The summed E-state index contributed by atoms with van der Waals surface area (Å²) in [6, 6.07) is 4.64. The molecule has 39 heavy (non-hydrogen) atoms. The average Bonchev–Trinajstić information content (AvgIpc) is 3.56. The number of halogens is 1. The quantitative estimate of drug-likeness (QED) is 0.333. The van der Waals surface area contributed by atoms with Crippen molar-refractivity contribution in [2.45, 2.75) is 25.8 Å². The van der Waals surface area contributed by atoms with Crippen molar-refractivity contribution < 1.29 is 14.4 Å². The van der Waals surface area contributed by atoms with Gasteiger partial charge in [0, 0.05) is 49.2 Å². The van der Waals surface area contributed by atoms with Crippen molar-refractivity contribution in [1.29, 1.82) is 0 Å². The van der Waals surface area contributed by atoms with Crippen LogP contribution in [0.15, 0.2) is 43.1 Å². The molecule has 14 heteroatoms. The first-order valence-corrected chi connectivity index (χ1v) is 12.6. The number of hydrogen-bond acceptors (Lipinski definition) is 9. The fourth-order valence-corrected chi connectivity index (χ4v) is 4.71. The Bertz CT molecular complexity index is 1640. The van der Waals surface area contributed by atoms with Crippen LogP contribution in [0.3, 0.4) is 0 Å². The zero-order valence-electron chi connectivity index (χ0n) is 21.0. The van der Waals surface area contributed by atoms with Crippen LogP contribution in [0, 0.1) is 12.8 Å². The minimum absolute atomic E-state index is 0.00662. The molecule has 1 aliphatic heterocycles. The third kappa shape index (κ3) is 4.83. The van der Waals surface area contributed by atoms with Gasteiger partial charge < -0.3 is 15.0 Å². The standard InChI is InChI=1S/C25H23ClN10O3/c1-13-3-4-27-22(31-13)16-6-17(16)24(38)33-20-7-19(29-12-30-20)28-8-15-10-35-9-14(26)5-18(23(35)32-15)36-11-21(37)34(2)25(36)39/h3-5,7,9-10,12,16-17H,6,8,11H2,1-2H3,(H2,28,29,30,33,38)/t16-,17-/m0/s1. The van der Waals surface area contributed by atoms with Crippen LogP contribution >= 0.6 is 11.6 Å². The first kappa shape index (κ1) is 24.7. The minimum atomic E-state index is -0.439. The van der Waals surface area contributed by atoms with Gasteiger partial charge in [-0.3, -0.25) is 19.4 Å². The maximum absolute atomic E-state index is 12.7. The number of nitrogens with one attached hydrogen (secondary N) is 2. The molecular weight excluding hydrogens is 524 g/mol. The fraction of sp³-hybridized carbons (Fsp3) is 0.280. The maximum Gasteiger partial charge on any atom is 0.331 e. The Morgan fingerprint density at radius 2 is 1.95 bits per heavy atom. The van der Waals surface area contributed by atoms with E-state index in [1.165, 1.54) is 18.3 Å². The summed E-state index contributed by atoms with van der Waals surface area (Å²) in [5, 5.41) is 6.41. The third-order valence-corrected chi connectivity index (χ3v) is 6.87. The summed E-state index contributed by atoms with van der Waals surface area (Å²) in [5.74, 6) is 0.913. The van der Waals surface area contributed by atoms with Crippen molar-refractivity contribution in [3.05, 3.63) is 65.4 Å². The van der Waals surface area contributed by atoms with Gasteiger partial charge in [0.05, 0.1) is 22.9 Å². The van der Waals surface area contributed by atoms with E-state index in [-0.39, 0.29) is 30.2 Å².